The molecule has 4 heterocycles. The van der Waals surface area contributed by atoms with Gasteiger partial charge in [-0.15, -0.1) is 11.3 Å². The first kappa shape index (κ1) is 18.1. The van der Waals surface area contributed by atoms with Gasteiger partial charge in [-0.2, -0.15) is 5.10 Å². The van der Waals surface area contributed by atoms with Gasteiger partial charge in [0.2, 0.25) is 5.91 Å². The molecular weight excluding hydrogens is 408 g/mol. The maximum atomic E-state index is 13.1. The molecule has 10 heteroatoms. The smallest absolute Gasteiger partial charge is 0.265 e. The lowest BCUT2D eigenvalue weighted by atomic mass is 10.2. The molecule has 0 aliphatic carbocycles. The molecule has 146 valence electrons. The summed E-state index contributed by atoms with van der Waals surface area (Å²) in [5, 5.41) is 10.6. The first-order chi connectivity index (χ1) is 14.1. The number of aromatic nitrogens is 5. The Bertz CT molecular complexity index is 1260. The summed E-state index contributed by atoms with van der Waals surface area (Å²) < 4.78 is 3.30. The molecule has 1 amide bonds. The minimum atomic E-state index is -0.248. The lowest BCUT2D eigenvalue weighted by Gasteiger charge is -2.12. The number of carbonyl (C=O) groups excluding carboxylic acids is 1. The van der Waals surface area contributed by atoms with Crippen molar-refractivity contribution >= 4 is 45.2 Å². The lowest BCUT2D eigenvalue weighted by molar-refractivity contribution is -0.116. The van der Waals surface area contributed by atoms with Crippen molar-refractivity contribution < 1.29 is 4.79 Å². The van der Waals surface area contributed by atoms with Crippen LogP contribution in [0.1, 0.15) is 18.0 Å². The first-order valence-corrected chi connectivity index (χ1v) is 10.9. The number of hydrogen-bond acceptors (Lipinski definition) is 7. The molecule has 29 heavy (non-hydrogen) atoms. The average molecular weight is 425 g/mol. The Balaban J connectivity index is 1.48. The summed E-state index contributed by atoms with van der Waals surface area (Å²) in [5.41, 5.74) is 2.37. The molecule has 1 aliphatic rings. The van der Waals surface area contributed by atoms with Gasteiger partial charge in [-0.05, 0) is 19.1 Å². The molecule has 1 N–H and O–H groups in total. The maximum absolute atomic E-state index is 13.1. The molecule has 1 unspecified atom stereocenters. The molecule has 0 saturated carbocycles. The molecule has 8 nitrogen and oxygen atoms in total. The third-order valence-electron chi connectivity index (χ3n) is 4.75. The lowest BCUT2D eigenvalue weighted by Crippen LogP contribution is -2.27. The fourth-order valence-corrected chi connectivity index (χ4v) is 5.00. The highest BCUT2D eigenvalue weighted by Gasteiger charge is 2.29. The second-order valence-electron chi connectivity index (χ2n) is 6.75. The number of nitrogens with zero attached hydrogens (tertiary/aromatic N) is 5. The largest absolute Gasteiger partial charge is 0.302 e. The highest BCUT2D eigenvalue weighted by atomic mass is 32.2. The number of carbonyl (C=O) groups is 1. The summed E-state index contributed by atoms with van der Waals surface area (Å²) in [6, 6.07) is 7.65. The number of anilines is 1. The van der Waals surface area contributed by atoms with Crippen LogP contribution in [0.4, 0.5) is 5.13 Å². The van der Waals surface area contributed by atoms with Crippen LogP contribution in [0.2, 0.25) is 0 Å². The predicted octanol–water partition coefficient (Wildman–Crippen LogP) is 3.02. The van der Waals surface area contributed by atoms with Gasteiger partial charge in [-0.3, -0.25) is 14.2 Å². The van der Waals surface area contributed by atoms with Crippen molar-refractivity contribution in [1.82, 2.24) is 24.3 Å². The van der Waals surface area contributed by atoms with Crippen molar-refractivity contribution in [3.63, 3.8) is 0 Å². The monoisotopic (exact) mass is 424 g/mol. The minimum Gasteiger partial charge on any atom is -0.302 e. The second kappa shape index (κ2) is 7.12. The Morgan fingerprint density at radius 2 is 2.14 bits per heavy atom. The Kier molecular flexibility index (Phi) is 4.44. The molecule has 1 aromatic carbocycles. The zero-order valence-corrected chi connectivity index (χ0v) is 17.0. The van der Waals surface area contributed by atoms with E-state index >= 15 is 0 Å². The molecule has 1 atom stereocenters. The van der Waals surface area contributed by atoms with E-state index in [4.69, 9.17) is 4.98 Å². The molecule has 0 spiro atoms. The zero-order chi connectivity index (χ0) is 20.0. The molecule has 0 bridgehead atoms. The average Bonchev–Trinajstić information content (AvgIpc) is 3.43. The van der Waals surface area contributed by atoms with Crippen LogP contribution in [-0.4, -0.2) is 36.0 Å². The van der Waals surface area contributed by atoms with Crippen molar-refractivity contribution in [1.29, 1.82) is 0 Å². The Morgan fingerprint density at radius 3 is 2.90 bits per heavy atom. The number of thioether (sulfide) groups is 1. The summed E-state index contributed by atoms with van der Waals surface area (Å²) in [6.45, 7) is 2.02. The molecule has 5 rings (SSSR count). The van der Waals surface area contributed by atoms with Crippen LogP contribution in [0.5, 0.6) is 0 Å². The third kappa shape index (κ3) is 3.23. The van der Waals surface area contributed by atoms with Crippen LogP contribution in [0.3, 0.4) is 0 Å². The number of thiazole rings is 1. The van der Waals surface area contributed by atoms with Gasteiger partial charge in [0.05, 0.1) is 17.9 Å². The van der Waals surface area contributed by atoms with Gasteiger partial charge in [0.25, 0.3) is 5.56 Å². The van der Waals surface area contributed by atoms with Gasteiger partial charge in [-0.25, -0.2) is 14.6 Å². The van der Waals surface area contributed by atoms with E-state index in [1.165, 1.54) is 23.1 Å². The van der Waals surface area contributed by atoms with Crippen LogP contribution in [0, 0.1) is 6.92 Å². The van der Waals surface area contributed by atoms with E-state index in [0.29, 0.717) is 27.1 Å². The zero-order valence-electron chi connectivity index (χ0n) is 15.4. The number of hydrogen-bond donors (Lipinski definition) is 1. The Morgan fingerprint density at radius 1 is 1.31 bits per heavy atom. The fraction of sp³-hybridized carbons (Fsp3) is 0.211. The summed E-state index contributed by atoms with van der Waals surface area (Å²) in [7, 11) is 0. The van der Waals surface area contributed by atoms with Gasteiger partial charge < -0.3 is 5.32 Å². The van der Waals surface area contributed by atoms with Gasteiger partial charge in [-0.1, -0.05) is 29.5 Å². The van der Waals surface area contributed by atoms with E-state index < -0.39 is 0 Å². The fourth-order valence-electron chi connectivity index (χ4n) is 3.33. The number of fused-ring (bicyclic) bond motifs is 2. The van der Waals surface area contributed by atoms with E-state index in [1.54, 1.807) is 27.0 Å². The Labute approximate surface area is 173 Å². The first-order valence-electron chi connectivity index (χ1n) is 8.99. The molecule has 1 aliphatic heterocycles. The van der Waals surface area contributed by atoms with Crippen LogP contribution in [0.15, 0.2) is 52.0 Å². The quantitative estimate of drug-likeness (QED) is 0.506. The molecule has 3 aromatic heterocycles. The molecule has 0 saturated heterocycles. The number of aryl methyl sites for hydroxylation is 1. The number of amides is 1. The molecular formula is C19H16N6O2S2. The standard InChI is InChI=1S/C19H16N6O2S2/c1-11-2-4-12(5-3-11)25-16-14(9-21-25)17(27)24-13(10-29-19(24)23-16)8-15(26)22-18-20-6-7-28-18/h2-7,9,13H,8,10H2,1H3,(H,20,22,26). The van der Waals surface area contributed by atoms with Crippen LogP contribution < -0.4 is 10.9 Å². The van der Waals surface area contributed by atoms with Crippen molar-refractivity contribution in [2.24, 2.45) is 0 Å². The van der Waals surface area contributed by atoms with E-state index in [1.807, 2.05) is 31.2 Å². The van der Waals surface area contributed by atoms with Crippen molar-refractivity contribution in [2.45, 2.75) is 24.5 Å². The van der Waals surface area contributed by atoms with E-state index in [0.717, 1.165) is 11.3 Å². The van der Waals surface area contributed by atoms with Gasteiger partial charge in [0.15, 0.2) is 15.9 Å². The van der Waals surface area contributed by atoms with E-state index in [2.05, 4.69) is 15.4 Å². The van der Waals surface area contributed by atoms with Crippen molar-refractivity contribution in [3.05, 3.63) is 58.0 Å². The highest BCUT2D eigenvalue weighted by molar-refractivity contribution is 7.99. The maximum Gasteiger partial charge on any atom is 0.265 e. The predicted molar refractivity (Wildman–Crippen MR) is 113 cm³/mol. The van der Waals surface area contributed by atoms with Gasteiger partial charge in [0, 0.05) is 23.8 Å². The topological polar surface area (TPSA) is 94.7 Å². The molecule has 0 radical (unpaired) electrons. The SMILES string of the molecule is Cc1ccc(-n2ncc3c(=O)n4c(nc32)SCC4CC(=O)Nc2nccs2)cc1. The highest BCUT2D eigenvalue weighted by Crippen LogP contribution is 2.33. The van der Waals surface area contributed by atoms with Gasteiger partial charge >= 0.3 is 0 Å². The van der Waals surface area contributed by atoms with Crippen molar-refractivity contribution in [2.75, 3.05) is 11.1 Å². The normalized spacial score (nSPS) is 15.6. The van der Waals surface area contributed by atoms with Crippen LogP contribution >= 0.6 is 23.1 Å². The van der Waals surface area contributed by atoms with E-state index in [9.17, 15) is 9.59 Å². The summed E-state index contributed by atoms with van der Waals surface area (Å²) in [5.74, 6) is 0.457. The molecule has 0 fully saturated rings. The molecule has 4 aromatic rings. The van der Waals surface area contributed by atoms with Crippen LogP contribution in [-0.2, 0) is 4.79 Å². The second-order valence-corrected chi connectivity index (χ2v) is 8.63. The number of nitrogens with one attached hydrogen (secondary N) is 1. The summed E-state index contributed by atoms with van der Waals surface area (Å²) >= 11 is 2.84. The summed E-state index contributed by atoms with van der Waals surface area (Å²) in [6.07, 6.45) is 3.38. The van der Waals surface area contributed by atoms with Crippen molar-refractivity contribution in [3.8, 4) is 5.69 Å². The van der Waals surface area contributed by atoms with Gasteiger partial charge in [0.1, 0.15) is 5.39 Å². The number of rotatable bonds is 4. The summed E-state index contributed by atoms with van der Waals surface area (Å²) in [4.78, 5) is 34.3. The Hall–Kier alpha value is -2.98. The van der Waals surface area contributed by atoms with E-state index in [-0.39, 0.29) is 23.9 Å². The minimum absolute atomic E-state index is 0.166. The van der Waals surface area contributed by atoms with Crippen LogP contribution in [0.25, 0.3) is 16.7 Å². The third-order valence-corrected chi connectivity index (χ3v) is 6.54. The number of benzene rings is 1.